The van der Waals surface area contributed by atoms with Gasteiger partial charge in [-0.15, -0.1) is 0 Å². The molecule has 0 saturated heterocycles. The van der Waals surface area contributed by atoms with Crippen LogP contribution in [0.1, 0.15) is 18.1 Å². The van der Waals surface area contributed by atoms with Crippen LogP contribution in [0, 0.1) is 0 Å². The Kier molecular flexibility index (Phi) is 3.96. The zero-order chi connectivity index (χ0) is 15.6. The minimum Gasteiger partial charge on any atom is -0.241 e. The highest BCUT2D eigenvalue weighted by atomic mass is 32.2. The minimum absolute atomic E-state index is 0.214. The summed E-state index contributed by atoms with van der Waals surface area (Å²) in [6.45, 7) is 2.25. The van der Waals surface area contributed by atoms with Gasteiger partial charge in [-0.25, -0.2) is 17.7 Å². The van der Waals surface area contributed by atoms with Gasteiger partial charge in [0.15, 0.2) is 0 Å². The van der Waals surface area contributed by atoms with E-state index in [0.29, 0.717) is 0 Å². The van der Waals surface area contributed by atoms with Crippen LogP contribution in [0.5, 0.6) is 0 Å². The highest BCUT2D eigenvalue weighted by Gasteiger charge is 2.14. The van der Waals surface area contributed by atoms with Crippen LogP contribution < -0.4 is 4.72 Å². The van der Waals surface area contributed by atoms with Gasteiger partial charge in [0.2, 0.25) is 10.0 Å². The van der Waals surface area contributed by atoms with Crippen LogP contribution in [0.4, 0.5) is 0 Å². The van der Waals surface area contributed by atoms with Gasteiger partial charge in [-0.05, 0) is 36.2 Å². The number of sulfonamides is 1. The van der Waals surface area contributed by atoms with E-state index in [1.807, 2.05) is 43.5 Å². The van der Waals surface area contributed by atoms with Crippen molar-refractivity contribution < 1.29 is 8.42 Å². The number of nitrogens with zero attached hydrogens (tertiary/aromatic N) is 2. The maximum Gasteiger partial charge on any atom is 0.240 e. The molecule has 114 valence electrons. The Hall–Kier alpha value is -2.18. The first-order chi connectivity index (χ1) is 10.6. The standard InChI is InChI=1S/C16H17N3O2S/c1-2-13-6-8-15(9-7-13)22(20,21)18-12-14-11-17-19-10-4-3-5-16(14)19/h3-11,18H,2,12H2,1H3. The maximum atomic E-state index is 12.3. The van der Waals surface area contributed by atoms with Crippen molar-refractivity contribution in [1.29, 1.82) is 0 Å². The monoisotopic (exact) mass is 315 g/mol. The van der Waals surface area contributed by atoms with E-state index in [2.05, 4.69) is 9.82 Å². The third-order valence-electron chi connectivity index (χ3n) is 3.60. The second-order valence-corrected chi connectivity index (χ2v) is 6.79. The third-order valence-corrected chi connectivity index (χ3v) is 5.02. The molecule has 0 unspecified atom stereocenters. The third kappa shape index (κ3) is 2.88. The first-order valence-corrected chi connectivity index (χ1v) is 8.58. The molecule has 0 fully saturated rings. The Balaban J connectivity index is 1.79. The van der Waals surface area contributed by atoms with Crippen molar-refractivity contribution in [3.8, 4) is 0 Å². The Morgan fingerprint density at radius 1 is 1.14 bits per heavy atom. The van der Waals surface area contributed by atoms with E-state index in [-0.39, 0.29) is 11.4 Å². The van der Waals surface area contributed by atoms with Crippen molar-refractivity contribution in [2.24, 2.45) is 0 Å². The highest BCUT2D eigenvalue weighted by Crippen LogP contribution is 2.14. The van der Waals surface area contributed by atoms with Crippen LogP contribution in [0.25, 0.3) is 5.52 Å². The van der Waals surface area contributed by atoms with Gasteiger partial charge < -0.3 is 0 Å². The second-order valence-electron chi connectivity index (χ2n) is 5.02. The Morgan fingerprint density at radius 3 is 2.64 bits per heavy atom. The molecule has 0 aliphatic heterocycles. The van der Waals surface area contributed by atoms with E-state index in [4.69, 9.17) is 0 Å². The van der Waals surface area contributed by atoms with E-state index in [0.717, 1.165) is 23.1 Å². The Labute approximate surface area is 129 Å². The lowest BCUT2D eigenvalue weighted by atomic mass is 10.2. The highest BCUT2D eigenvalue weighted by molar-refractivity contribution is 7.89. The van der Waals surface area contributed by atoms with Crippen molar-refractivity contribution >= 4 is 15.5 Å². The molecule has 5 nitrogen and oxygen atoms in total. The van der Waals surface area contributed by atoms with Gasteiger partial charge in [-0.3, -0.25) is 0 Å². The van der Waals surface area contributed by atoms with Crippen LogP contribution in [0.15, 0.2) is 59.8 Å². The fourth-order valence-corrected chi connectivity index (χ4v) is 3.29. The van der Waals surface area contributed by atoms with E-state index in [9.17, 15) is 8.42 Å². The molecule has 0 spiro atoms. The van der Waals surface area contributed by atoms with E-state index in [1.165, 1.54) is 0 Å². The lowest BCUT2D eigenvalue weighted by molar-refractivity contribution is 0.581. The molecule has 0 saturated carbocycles. The average molecular weight is 315 g/mol. The summed E-state index contributed by atoms with van der Waals surface area (Å²) in [5.74, 6) is 0. The van der Waals surface area contributed by atoms with Crippen molar-refractivity contribution in [3.63, 3.8) is 0 Å². The van der Waals surface area contributed by atoms with E-state index in [1.54, 1.807) is 22.8 Å². The van der Waals surface area contributed by atoms with Crippen LogP contribution in [-0.4, -0.2) is 18.0 Å². The first-order valence-electron chi connectivity index (χ1n) is 7.10. The molecule has 1 N–H and O–H groups in total. The Morgan fingerprint density at radius 2 is 1.91 bits per heavy atom. The molecule has 0 radical (unpaired) electrons. The summed E-state index contributed by atoms with van der Waals surface area (Å²) in [7, 11) is -3.52. The lowest BCUT2D eigenvalue weighted by Gasteiger charge is -2.07. The maximum absolute atomic E-state index is 12.3. The summed E-state index contributed by atoms with van der Waals surface area (Å²) >= 11 is 0. The lowest BCUT2D eigenvalue weighted by Crippen LogP contribution is -2.23. The molecular weight excluding hydrogens is 298 g/mol. The van der Waals surface area contributed by atoms with E-state index >= 15 is 0 Å². The molecule has 6 heteroatoms. The van der Waals surface area contributed by atoms with Crippen LogP contribution in [-0.2, 0) is 23.0 Å². The summed E-state index contributed by atoms with van der Waals surface area (Å²) in [5, 5.41) is 4.20. The molecule has 0 aliphatic carbocycles. The number of fused-ring (bicyclic) bond motifs is 1. The number of benzene rings is 1. The van der Waals surface area contributed by atoms with Gasteiger partial charge in [-0.2, -0.15) is 5.10 Å². The average Bonchev–Trinajstić information content (AvgIpc) is 2.96. The van der Waals surface area contributed by atoms with Crippen molar-refractivity contribution in [3.05, 3.63) is 66.0 Å². The van der Waals surface area contributed by atoms with Gasteiger partial charge in [0, 0.05) is 18.3 Å². The first kappa shape index (κ1) is 14.7. The molecule has 1 aromatic carbocycles. The number of nitrogens with one attached hydrogen (secondary N) is 1. The molecule has 2 heterocycles. The zero-order valence-corrected chi connectivity index (χ0v) is 13.0. The summed E-state index contributed by atoms with van der Waals surface area (Å²) in [6.07, 6.45) is 4.39. The number of aromatic nitrogens is 2. The molecule has 3 rings (SSSR count). The predicted molar refractivity (Wildman–Crippen MR) is 85.0 cm³/mol. The van der Waals surface area contributed by atoms with Gasteiger partial charge >= 0.3 is 0 Å². The molecule has 0 aliphatic rings. The van der Waals surface area contributed by atoms with Crippen molar-refractivity contribution in [1.82, 2.24) is 14.3 Å². The molecule has 0 amide bonds. The summed E-state index contributed by atoms with van der Waals surface area (Å²) < 4.78 is 29.0. The number of aryl methyl sites for hydroxylation is 1. The number of hydrogen-bond donors (Lipinski definition) is 1. The topological polar surface area (TPSA) is 63.5 Å². The minimum atomic E-state index is -3.52. The molecule has 0 bridgehead atoms. The largest absolute Gasteiger partial charge is 0.241 e. The summed E-state index contributed by atoms with van der Waals surface area (Å²) in [4.78, 5) is 0.279. The van der Waals surface area contributed by atoms with Gasteiger partial charge in [0.25, 0.3) is 0 Å². The van der Waals surface area contributed by atoms with Gasteiger partial charge in [0.1, 0.15) is 0 Å². The quantitative estimate of drug-likeness (QED) is 0.786. The molecular formula is C16H17N3O2S. The van der Waals surface area contributed by atoms with Crippen LogP contribution in [0.2, 0.25) is 0 Å². The van der Waals surface area contributed by atoms with Crippen LogP contribution >= 0.6 is 0 Å². The Bertz CT molecular complexity index is 883. The smallest absolute Gasteiger partial charge is 0.240 e. The summed E-state index contributed by atoms with van der Waals surface area (Å²) in [6, 6.07) is 12.6. The molecule has 2 aromatic heterocycles. The fourth-order valence-electron chi connectivity index (χ4n) is 2.28. The van der Waals surface area contributed by atoms with Gasteiger partial charge in [-0.1, -0.05) is 25.1 Å². The second kappa shape index (κ2) is 5.90. The number of pyridine rings is 1. The molecule has 3 aromatic rings. The SMILES string of the molecule is CCc1ccc(S(=O)(=O)NCc2cnn3ccccc23)cc1. The van der Waals surface area contributed by atoms with Gasteiger partial charge in [0.05, 0.1) is 16.6 Å². The zero-order valence-electron chi connectivity index (χ0n) is 12.2. The molecule has 22 heavy (non-hydrogen) atoms. The number of hydrogen-bond acceptors (Lipinski definition) is 3. The predicted octanol–water partition coefficient (Wildman–Crippen LogP) is 2.38. The fraction of sp³-hybridized carbons (Fsp3) is 0.188. The normalized spacial score (nSPS) is 11.9. The van der Waals surface area contributed by atoms with E-state index < -0.39 is 10.0 Å². The van der Waals surface area contributed by atoms with Crippen LogP contribution in [0.3, 0.4) is 0 Å². The molecule has 0 atom stereocenters. The van der Waals surface area contributed by atoms with Crippen molar-refractivity contribution in [2.75, 3.05) is 0 Å². The van der Waals surface area contributed by atoms with Crippen molar-refractivity contribution in [2.45, 2.75) is 24.8 Å². The summed E-state index contributed by atoms with van der Waals surface area (Å²) in [5.41, 5.74) is 2.85. The number of rotatable bonds is 5.